The molecule has 1 aliphatic carbocycles. The van der Waals surface area contributed by atoms with E-state index in [4.69, 9.17) is 4.74 Å². The molecule has 2 fully saturated rings. The number of nitrogens with one attached hydrogen (secondary N) is 1. The van der Waals surface area contributed by atoms with Crippen LogP contribution in [0.4, 0.5) is 14.5 Å². The smallest absolute Gasteiger partial charge is 0.253 e. The van der Waals surface area contributed by atoms with Gasteiger partial charge in [-0.25, -0.2) is 13.5 Å². The second-order valence-corrected chi connectivity index (χ2v) is 12.4. The van der Waals surface area contributed by atoms with Gasteiger partial charge < -0.3 is 19.9 Å². The third kappa shape index (κ3) is 5.07. The number of nitrogens with zero attached hydrogens (tertiary/aromatic N) is 4. The van der Waals surface area contributed by atoms with Gasteiger partial charge in [0.25, 0.3) is 5.91 Å². The number of aromatic nitrogens is 2. The van der Waals surface area contributed by atoms with E-state index in [0.717, 1.165) is 55.3 Å². The minimum Gasteiger partial charge on any atom is -0.497 e. The fourth-order valence-corrected chi connectivity index (χ4v) is 6.95. The van der Waals surface area contributed by atoms with Gasteiger partial charge in [-0.3, -0.25) is 9.59 Å². The van der Waals surface area contributed by atoms with Crippen LogP contribution in [0, 0.1) is 11.6 Å². The molecule has 3 aromatic carbocycles. The molecule has 3 heterocycles. The molecule has 232 valence electrons. The van der Waals surface area contributed by atoms with Gasteiger partial charge in [-0.15, -0.1) is 0 Å². The van der Waals surface area contributed by atoms with Crippen molar-refractivity contribution in [2.75, 3.05) is 32.1 Å². The minimum absolute atomic E-state index is 0.0108. The average Bonchev–Trinajstić information content (AvgIpc) is 3.59. The number of halogens is 2. The molecule has 0 unspecified atom stereocenters. The number of hydrogen-bond donors (Lipinski definition) is 1. The number of fused-ring (bicyclic) bond motifs is 2. The highest BCUT2D eigenvalue weighted by atomic mass is 19.1. The van der Waals surface area contributed by atoms with Crippen molar-refractivity contribution < 1.29 is 23.1 Å². The van der Waals surface area contributed by atoms with E-state index in [2.05, 4.69) is 22.4 Å². The number of anilines is 1. The predicted molar refractivity (Wildman–Crippen MR) is 167 cm³/mol. The highest BCUT2D eigenvalue weighted by Gasteiger charge is 2.55. The molecular weight excluding hydrogens is 576 g/mol. The SMILES string of the molecule is COc1ccc(CN2C(=O)C3(CCC3)c3cc(-c4ccnn4-c4ccc(F)cc4F)cc(C(=O)NC4CCN(C)CC4)c32)cc1. The van der Waals surface area contributed by atoms with Crippen molar-refractivity contribution in [3.63, 3.8) is 0 Å². The number of hydrogen-bond acceptors (Lipinski definition) is 5. The third-order valence-electron chi connectivity index (χ3n) is 9.63. The second-order valence-electron chi connectivity index (χ2n) is 12.4. The Labute approximate surface area is 260 Å². The van der Waals surface area contributed by atoms with Crippen LogP contribution in [0.25, 0.3) is 16.9 Å². The van der Waals surface area contributed by atoms with Gasteiger partial charge in [-0.2, -0.15) is 5.10 Å². The van der Waals surface area contributed by atoms with Crippen molar-refractivity contribution in [2.45, 2.75) is 50.1 Å². The molecule has 1 saturated carbocycles. The summed E-state index contributed by atoms with van der Waals surface area (Å²) in [5.74, 6) is -0.969. The number of carbonyl (C=O) groups is 2. The largest absolute Gasteiger partial charge is 0.497 e. The number of methoxy groups -OCH3 is 1. The van der Waals surface area contributed by atoms with Crippen LogP contribution in [-0.2, 0) is 16.8 Å². The molecule has 0 bridgehead atoms. The van der Waals surface area contributed by atoms with E-state index in [-0.39, 0.29) is 23.5 Å². The van der Waals surface area contributed by atoms with E-state index in [1.54, 1.807) is 30.3 Å². The first kappa shape index (κ1) is 29.2. The zero-order valence-electron chi connectivity index (χ0n) is 25.4. The van der Waals surface area contributed by atoms with Gasteiger partial charge in [-0.05, 0) is 99.4 Å². The van der Waals surface area contributed by atoms with Crippen LogP contribution in [0.1, 0.15) is 53.6 Å². The molecule has 2 amide bonds. The Morgan fingerprint density at radius 2 is 1.80 bits per heavy atom. The normalized spacial score (nSPS) is 17.8. The van der Waals surface area contributed by atoms with Gasteiger partial charge in [0.15, 0.2) is 5.82 Å². The van der Waals surface area contributed by atoms with Gasteiger partial charge >= 0.3 is 0 Å². The first-order valence-electron chi connectivity index (χ1n) is 15.4. The van der Waals surface area contributed by atoms with Gasteiger partial charge in [0.1, 0.15) is 17.3 Å². The molecular formula is C35H35F2N5O3. The average molecular weight is 612 g/mol. The standard InChI is InChI=1S/C35H35F2N5O3/c1-40-16-11-25(12-17-40)39-33(43)27-18-23(30-10-15-38-42(30)31-9-6-24(36)20-29(31)37)19-28-32(27)41(34(44)35(28)13-3-14-35)21-22-4-7-26(45-2)8-5-22/h4-10,15,18-20,25H,3,11-14,16-17,21H2,1-2H3,(H,39,43). The number of piperidine rings is 1. The van der Waals surface area contributed by atoms with E-state index < -0.39 is 17.0 Å². The maximum atomic E-state index is 14.9. The quantitative estimate of drug-likeness (QED) is 0.294. The van der Waals surface area contributed by atoms with Gasteiger partial charge in [0.2, 0.25) is 5.91 Å². The van der Waals surface area contributed by atoms with E-state index in [9.17, 15) is 18.4 Å². The summed E-state index contributed by atoms with van der Waals surface area (Å²) in [5.41, 5.74) is 3.29. The number of rotatable bonds is 7. The lowest BCUT2D eigenvalue weighted by atomic mass is 9.64. The second kappa shape index (κ2) is 11.4. The van der Waals surface area contributed by atoms with E-state index in [1.165, 1.54) is 16.8 Å². The van der Waals surface area contributed by atoms with Crippen molar-refractivity contribution in [1.82, 2.24) is 20.0 Å². The Kier molecular flexibility index (Phi) is 7.40. The molecule has 0 radical (unpaired) electrons. The molecule has 1 N–H and O–H groups in total. The topological polar surface area (TPSA) is 79.7 Å². The first-order chi connectivity index (χ1) is 21.8. The van der Waals surface area contributed by atoms with Crippen LogP contribution in [0.3, 0.4) is 0 Å². The lowest BCUT2D eigenvalue weighted by Crippen LogP contribution is -2.45. The molecule has 1 saturated heterocycles. The van der Waals surface area contributed by atoms with Crippen molar-refractivity contribution in [3.05, 3.63) is 95.2 Å². The third-order valence-corrected chi connectivity index (χ3v) is 9.63. The Hall–Kier alpha value is -4.57. The summed E-state index contributed by atoms with van der Waals surface area (Å²) in [4.78, 5) is 32.6. The van der Waals surface area contributed by atoms with E-state index in [1.807, 2.05) is 30.3 Å². The summed E-state index contributed by atoms with van der Waals surface area (Å²) in [6.45, 7) is 2.08. The van der Waals surface area contributed by atoms with Crippen LogP contribution < -0.4 is 15.0 Å². The molecule has 10 heteroatoms. The van der Waals surface area contributed by atoms with Crippen LogP contribution in [0.5, 0.6) is 5.75 Å². The molecule has 7 rings (SSSR count). The summed E-state index contributed by atoms with van der Waals surface area (Å²) in [5, 5.41) is 7.61. The molecule has 2 aliphatic heterocycles. The fourth-order valence-electron chi connectivity index (χ4n) is 6.95. The molecule has 1 aromatic heterocycles. The number of amides is 2. The summed E-state index contributed by atoms with van der Waals surface area (Å²) in [6, 6.07) is 16.4. The van der Waals surface area contributed by atoms with Crippen LogP contribution >= 0.6 is 0 Å². The lowest BCUT2D eigenvalue weighted by molar-refractivity contribution is -0.126. The Bertz CT molecular complexity index is 1770. The zero-order valence-corrected chi connectivity index (χ0v) is 25.4. The van der Waals surface area contributed by atoms with Gasteiger partial charge in [0, 0.05) is 17.7 Å². The van der Waals surface area contributed by atoms with Crippen LogP contribution in [-0.4, -0.2) is 59.8 Å². The molecule has 45 heavy (non-hydrogen) atoms. The summed E-state index contributed by atoms with van der Waals surface area (Å²) < 4.78 is 35.4. The van der Waals surface area contributed by atoms with Crippen molar-refractivity contribution in [2.24, 2.45) is 0 Å². The van der Waals surface area contributed by atoms with Gasteiger partial charge in [-0.1, -0.05) is 18.6 Å². The summed E-state index contributed by atoms with van der Waals surface area (Å²) >= 11 is 0. The molecule has 4 aromatic rings. The van der Waals surface area contributed by atoms with E-state index in [0.29, 0.717) is 41.9 Å². The lowest BCUT2D eigenvalue weighted by Gasteiger charge is -2.37. The first-order valence-corrected chi connectivity index (χ1v) is 15.4. The number of likely N-dealkylation sites (tertiary alicyclic amines) is 1. The highest BCUT2D eigenvalue weighted by molar-refractivity contribution is 6.15. The monoisotopic (exact) mass is 611 g/mol. The minimum atomic E-state index is -0.752. The fraction of sp³-hybridized carbons (Fsp3) is 0.343. The molecule has 1 spiro atoms. The summed E-state index contributed by atoms with van der Waals surface area (Å²) in [6.07, 6.45) is 5.48. The number of benzene rings is 3. The Balaban J connectivity index is 1.36. The van der Waals surface area contributed by atoms with Crippen LogP contribution in [0.15, 0.2) is 66.9 Å². The molecule has 8 nitrogen and oxygen atoms in total. The molecule has 0 atom stereocenters. The van der Waals surface area contributed by atoms with Crippen molar-refractivity contribution in [3.8, 4) is 22.7 Å². The zero-order chi connectivity index (χ0) is 31.3. The Morgan fingerprint density at radius 3 is 2.47 bits per heavy atom. The number of carbonyl (C=O) groups excluding carboxylic acids is 2. The van der Waals surface area contributed by atoms with Crippen molar-refractivity contribution >= 4 is 17.5 Å². The maximum absolute atomic E-state index is 14.9. The van der Waals surface area contributed by atoms with E-state index >= 15 is 0 Å². The van der Waals surface area contributed by atoms with Gasteiger partial charge in [0.05, 0.1) is 42.2 Å². The predicted octanol–water partition coefficient (Wildman–Crippen LogP) is 5.62. The highest BCUT2D eigenvalue weighted by Crippen LogP contribution is 2.56. The molecule has 3 aliphatic rings. The summed E-state index contributed by atoms with van der Waals surface area (Å²) in [7, 11) is 3.68. The number of ether oxygens (including phenoxy) is 1. The van der Waals surface area contributed by atoms with Crippen molar-refractivity contribution in [1.29, 1.82) is 0 Å². The Morgan fingerprint density at radius 1 is 1.04 bits per heavy atom. The van der Waals surface area contributed by atoms with Crippen LogP contribution in [0.2, 0.25) is 0 Å². The maximum Gasteiger partial charge on any atom is 0.253 e.